The zero-order chi connectivity index (χ0) is 14.4. The van der Waals surface area contributed by atoms with Crippen LogP contribution in [-0.4, -0.2) is 18.2 Å². The van der Waals surface area contributed by atoms with Gasteiger partial charge < -0.3 is 9.73 Å². The minimum Gasteiger partial charge on any atom is -0.459 e. The first-order valence-electron chi connectivity index (χ1n) is 6.62. The fourth-order valence-corrected chi connectivity index (χ4v) is 2.62. The molecule has 3 nitrogen and oxygen atoms in total. The number of hydrogen-bond donors (Lipinski definition) is 1. The number of carbonyl (C=O) groups excluding carboxylic acids is 1. The third-order valence-electron chi connectivity index (χ3n) is 2.99. The van der Waals surface area contributed by atoms with E-state index >= 15 is 0 Å². The standard InChI is InChI=1S/C16H19NO2S/c1-12-3-5-14(6-4-12)11-20-10-8-17-16(18)15-13(2)7-9-19-15/h3-7,9H,8,10-11H2,1-2H3,(H,17,18). The highest BCUT2D eigenvalue weighted by Gasteiger charge is 2.11. The first-order chi connectivity index (χ1) is 9.66. The van der Waals surface area contributed by atoms with E-state index in [1.807, 2.05) is 18.7 Å². The molecule has 2 aromatic rings. The summed E-state index contributed by atoms with van der Waals surface area (Å²) in [5.41, 5.74) is 3.46. The predicted molar refractivity (Wildman–Crippen MR) is 83.1 cm³/mol. The van der Waals surface area contributed by atoms with E-state index in [0.29, 0.717) is 12.3 Å². The zero-order valence-electron chi connectivity index (χ0n) is 11.8. The summed E-state index contributed by atoms with van der Waals surface area (Å²) in [6.45, 7) is 4.60. The normalized spacial score (nSPS) is 10.5. The van der Waals surface area contributed by atoms with Gasteiger partial charge >= 0.3 is 0 Å². The molecule has 0 aliphatic carbocycles. The molecule has 0 saturated heterocycles. The van der Waals surface area contributed by atoms with E-state index in [1.165, 1.54) is 17.4 Å². The second kappa shape index (κ2) is 7.20. The van der Waals surface area contributed by atoms with E-state index < -0.39 is 0 Å². The van der Waals surface area contributed by atoms with Crippen LogP contribution >= 0.6 is 11.8 Å². The summed E-state index contributed by atoms with van der Waals surface area (Å²) in [7, 11) is 0. The van der Waals surface area contributed by atoms with Crippen molar-refractivity contribution in [1.82, 2.24) is 5.32 Å². The first kappa shape index (κ1) is 14.7. The Morgan fingerprint density at radius 3 is 2.60 bits per heavy atom. The molecule has 0 saturated carbocycles. The molecule has 4 heteroatoms. The van der Waals surface area contributed by atoms with E-state index in [4.69, 9.17) is 4.42 Å². The summed E-state index contributed by atoms with van der Waals surface area (Å²) in [6.07, 6.45) is 1.54. The van der Waals surface area contributed by atoms with Gasteiger partial charge in [-0.2, -0.15) is 11.8 Å². The molecule has 1 heterocycles. The van der Waals surface area contributed by atoms with Crippen LogP contribution in [0.1, 0.15) is 27.2 Å². The minimum absolute atomic E-state index is 0.136. The van der Waals surface area contributed by atoms with Gasteiger partial charge in [0.2, 0.25) is 0 Å². The van der Waals surface area contributed by atoms with Gasteiger partial charge in [-0.25, -0.2) is 0 Å². The van der Waals surface area contributed by atoms with Crippen LogP contribution in [0.5, 0.6) is 0 Å². The van der Waals surface area contributed by atoms with E-state index in [-0.39, 0.29) is 5.91 Å². The molecule has 0 unspecified atom stereocenters. The number of aryl methyl sites for hydroxylation is 2. The predicted octanol–water partition coefficient (Wildman–Crippen LogP) is 3.56. The fraction of sp³-hybridized carbons (Fsp3) is 0.312. The van der Waals surface area contributed by atoms with Crippen molar-refractivity contribution in [2.45, 2.75) is 19.6 Å². The number of hydrogen-bond acceptors (Lipinski definition) is 3. The average molecular weight is 289 g/mol. The van der Waals surface area contributed by atoms with Crippen LogP contribution in [0.3, 0.4) is 0 Å². The summed E-state index contributed by atoms with van der Waals surface area (Å²) in [5, 5.41) is 2.87. The van der Waals surface area contributed by atoms with E-state index in [9.17, 15) is 4.79 Å². The molecule has 0 bridgehead atoms. The molecule has 106 valence electrons. The van der Waals surface area contributed by atoms with Crippen molar-refractivity contribution in [2.24, 2.45) is 0 Å². The van der Waals surface area contributed by atoms with Gasteiger partial charge in [0.1, 0.15) is 0 Å². The monoisotopic (exact) mass is 289 g/mol. The summed E-state index contributed by atoms with van der Waals surface area (Å²) in [4.78, 5) is 11.8. The maximum Gasteiger partial charge on any atom is 0.287 e. The van der Waals surface area contributed by atoms with Crippen molar-refractivity contribution in [3.63, 3.8) is 0 Å². The van der Waals surface area contributed by atoms with Crippen LogP contribution in [0.25, 0.3) is 0 Å². The summed E-state index contributed by atoms with van der Waals surface area (Å²) < 4.78 is 5.14. The first-order valence-corrected chi connectivity index (χ1v) is 7.78. The van der Waals surface area contributed by atoms with Gasteiger partial charge in [-0.3, -0.25) is 4.79 Å². The Labute approximate surface area is 123 Å². The van der Waals surface area contributed by atoms with Gasteiger partial charge in [0.25, 0.3) is 5.91 Å². The smallest absolute Gasteiger partial charge is 0.287 e. The highest BCUT2D eigenvalue weighted by atomic mass is 32.2. The molecular formula is C16H19NO2S. The number of carbonyl (C=O) groups is 1. The second-order valence-corrected chi connectivity index (χ2v) is 5.83. The molecule has 1 amide bonds. The maximum atomic E-state index is 11.8. The summed E-state index contributed by atoms with van der Waals surface area (Å²) >= 11 is 1.81. The Balaban J connectivity index is 1.66. The van der Waals surface area contributed by atoms with Crippen LogP contribution in [0.4, 0.5) is 0 Å². The molecule has 1 aromatic carbocycles. The lowest BCUT2D eigenvalue weighted by Gasteiger charge is -2.05. The molecule has 1 aromatic heterocycles. The number of thioether (sulfide) groups is 1. The Morgan fingerprint density at radius 1 is 1.20 bits per heavy atom. The van der Waals surface area contributed by atoms with Gasteiger partial charge in [-0.05, 0) is 25.5 Å². The van der Waals surface area contributed by atoms with E-state index in [2.05, 4.69) is 36.5 Å². The lowest BCUT2D eigenvalue weighted by atomic mass is 10.2. The number of furan rings is 1. The van der Waals surface area contributed by atoms with Crippen molar-refractivity contribution in [3.8, 4) is 0 Å². The van der Waals surface area contributed by atoms with Crippen molar-refractivity contribution in [1.29, 1.82) is 0 Å². The van der Waals surface area contributed by atoms with Crippen LogP contribution in [0, 0.1) is 13.8 Å². The Morgan fingerprint density at radius 2 is 1.95 bits per heavy atom. The van der Waals surface area contributed by atoms with Crippen LogP contribution in [0.2, 0.25) is 0 Å². The van der Waals surface area contributed by atoms with Crippen LogP contribution in [-0.2, 0) is 5.75 Å². The quantitative estimate of drug-likeness (QED) is 0.827. The number of rotatable bonds is 6. The molecule has 1 N–H and O–H groups in total. The van der Waals surface area contributed by atoms with Gasteiger partial charge in [0.15, 0.2) is 5.76 Å². The SMILES string of the molecule is Cc1ccc(CSCCNC(=O)c2occc2C)cc1. The highest BCUT2D eigenvalue weighted by molar-refractivity contribution is 7.98. The minimum atomic E-state index is -0.136. The molecular weight excluding hydrogens is 270 g/mol. The van der Waals surface area contributed by atoms with Gasteiger partial charge in [-0.1, -0.05) is 29.8 Å². The van der Waals surface area contributed by atoms with Crippen molar-refractivity contribution in [3.05, 3.63) is 59.0 Å². The zero-order valence-corrected chi connectivity index (χ0v) is 12.6. The lowest BCUT2D eigenvalue weighted by molar-refractivity contribution is 0.0927. The Hall–Kier alpha value is -1.68. The molecule has 2 rings (SSSR count). The Kier molecular flexibility index (Phi) is 5.30. The van der Waals surface area contributed by atoms with Crippen molar-refractivity contribution in [2.75, 3.05) is 12.3 Å². The van der Waals surface area contributed by atoms with Crippen molar-refractivity contribution >= 4 is 17.7 Å². The van der Waals surface area contributed by atoms with Crippen LogP contribution < -0.4 is 5.32 Å². The van der Waals surface area contributed by atoms with Crippen molar-refractivity contribution < 1.29 is 9.21 Å². The molecule has 0 aliphatic heterocycles. The average Bonchev–Trinajstić information content (AvgIpc) is 2.86. The van der Waals surface area contributed by atoms with Crippen LogP contribution in [0.15, 0.2) is 41.0 Å². The highest BCUT2D eigenvalue weighted by Crippen LogP contribution is 2.12. The van der Waals surface area contributed by atoms with Gasteiger partial charge in [0, 0.05) is 23.6 Å². The van der Waals surface area contributed by atoms with Gasteiger partial charge in [-0.15, -0.1) is 0 Å². The number of benzene rings is 1. The van der Waals surface area contributed by atoms with E-state index in [0.717, 1.165) is 17.1 Å². The summed E-state index contributed by atoms with van der Waals surface area (Å²) in [6, 6.07) is 10.3. The third kappa shape index (κ3) is 4.17. The fourth-order valence-electron chi connectivity index (χ4n) is 1.80. The number of nitrogens with one attached hydrogen (secondary N) is 1. The van der Waals surface area contributed by atoms with E-state index in [1.54, 1.807) is 6.07 Å². The maximum absolute atomic E-state index is 11.8. The molecule has 0 atom stereocenters. The second-order valence-electron chi connectivity index (χ2n) is 4.73. The number of amides is 1. The largest absolute Gasteiger partial charge is 0.459 e. The topological polar surface area (TPSA) is 42.2 Å². The lowest BCUT2D eigenvalue weighted by Crippen LogP contribution is -2.25. The van der Waals surface area contributed by atoms with Gasteiger partial charge in [0.05, 0.1) is 6.26 Å². The third-order valence-corrected chi connectivity index (χ3v) is 4.02. The molecule has 20 heavy (non-hydrogen) atoms. The summed E-state index contributed by atoms with van der Waals surface area (Å²) in [5.74, 6) is 2.13. The molecule has 0 aliphatic rings. The molecule has 0 spiro atoms. The molecule has 0 radical (unpaired) electrons. The Bertz CT molecular complexity index is 560. The molecule has 0 fully saturated rings.